The standard InChI is InChI=1S/C21H25BrN6O15P2/c22-21-26-11-17(24-7-25-18(11)34)28(21)20-15(32)13(30)10(42-20)6-40-45(37,38)43-44(35,36)39-5-9-12(29)14(31)19(41-9)27-3-1-2-8(4-27)16(23)33/h1-4,7,9-10,12-15,19-20,29-32H,5-6H2,(H4-,23,24,25,33,34,35,36,37,38)/p+1/t9-,10-,12+,13?,14?,15+,19-,20-/m1/s1. The molecule has 5 rings (SSSR count). The molecule has 45 heavy (non-hydrogen) atoms. The Morgan fingerprint density at radius 3 is 2.33 bits per heavy atom. The molecule has 1 amide bonds. The molecule has 21 nitrogen and oxygen atoms in total. The van der Waals surface area contributed by atoms with Crippen molar-refractivity contribution < 1.29 is 71.5 Å². The second-order valence-electron chi connectivity index (χ2n) is 9.76. The molecule has 2 fully saturated rings. The maximum atomic E-state index is 12.5. The van der Waals surface area contributed by atoms with Gasteiger partial charge in [0.05, 0.1) is 19.5 Å². The maximum Gasteiger partial charge on any atom is 0.481 e. The number of carbonyl (C=O) groups excluding carboxylic acids is 1. The van der Waals surface area contributed by atoms with Crippen molar-refractivity contribution in [2.45, 2.75) is 49.1 Å². The normalized spacial score (nSPS) is 31.2. The number of imidazole rings is 1. The zero-order valence-corrected chi connectivity index (χ0v) is 25.8. The van der Waals surface area contributed by atoms with Gasteiger partial charge in [0.25, 0.3) is 17.7 Å². The summed E-state index contributed by atoms with van der Waals surface area (Å²) in [5, 5.41) is 41.7. The van der Waals surface area contributed by atoms with E-state index in [1.54, 1.807) is 0 Å². The number of aliphatic hydroxyl groups is 4. The lowest BCUT2D eigenvalue weighted by atomic mass is 10.1. The third-order valence-electron chi connectivity index (χ3n) is 6.78. The minimum absolute atomic E-state index is 0.00187. The smallest absolute Gasteiger partial charge is 0.387 e. The third-order valence-corrected chi connectivity index (χ3v) is 9.94. The first kappa shape index (κ1) is 33.8. The summed E-state index contributed by atoms with van der Waals surface area (Å²) in [7, 11) is -10.8. The van der Waals surface area contributed by atoms with Crippen LogP contribution in [0.25, 0.3) is 11.2 Å². The monoisotopic (exact) mass is 743 g/mol. The fraction of sp³-hybridized carbons (Fsp3) is 0.476. The second-order valence-corrected chi connectivity index (χ2v) is 13.5. The predicted molar refractivity (Wildman–Crippen MR) is 145 cm³/mol. The first-order valence-electron chi connectivity index (χ1n) is 12.7. The van der Waals surface area contributed by atoms with Gasteiger partial charge in [-0.25, -0.2) is 19.1 Å². The first-order chi connectivity index (χ1) is 21.1. The molecule has 0 spiro atoms. The quantitative estimate of drug-likeness (QED) is 0.0570. The van der Waals surface area contributed by atoms with Gasteiger partial charge in [-0.05, 0) is 22.0 Å². The van der Waals surface area contributed by atoms with Crippen molar-refractivity contribution in [1.29, 1.82) is 0 Å². The van der Waals surface area contributed by atoms with Crippen LogP contribution in [0.3, 0.4) is 0 Å². The van der Waals surface area contributed by atoms with Crippen LogP contribution in [0, 0.1) is 0 Å². The van der Waals surface area contributed by atoms with Gasteiger partial charge < -0.3 is 50.4 Å². The molecule has 3 aromatic rings. The van der Waals surface area contributed by atoms with E-state index < -0.39 is 89.4 Å². The molecule has 9 N–H and O–H groups in total. The third kappa shape index (κ3) is 7.09. The molecule has 10 atom stereocenters. The minimum Gasteiger partial charge on any atom is -0.387 e. The van der Waals surface area contributed by atoms with Crippen molar-refractivity contribution in [3.05, 3.63) is 51.5 Å². The molecular weight excluding hydrogens is 718 g/mol. The molecule has 0 radical (unpaired) electrons. The largest absolute Gasteiger partial charge is 0.481 e. The minimum atomic E-state index is -5.41. The summed E-state index contributed by atoms with van der Waals surface area (Å²) < 4.78 is 51.9. The molecule has 2 aliphatic heterocycles. The highest BCUT2D eigenvalue weighted by molar-refractivity contribution is 9.10. The summed E-state index contributed by atoms with van der Waals surface area (Å²) >= 11 is 3.12. The van der Waals surface area contributed by atoms with Crippen molar-refractivity contribution in [2.75, 3.05) is 13.2 Å². The number of halogens is 1. The number of rotatable bonds is 11. The van der Waals surface area contributed by atoms with Gasteiger partial charge >= 0.3 is 15.6 Å². The van der Waals surface area contributed by atoms with E-state index >= 15 is 0 Å². The molecule has 0 bridgehead atoms. The first-order valence-corrected chi connectivity index (χ1v) is 16.5. The van der Waals surface area contributed by atoms with Crippen LogP contribution in [-0.2, 0) is 32.0 Å². The van der Waals surface area contributed by atoms with Gasteiger partial charge in [0.2, 0.25) is 0 Å². The lowest BCUT2D eigenvalue weighted by Gasteiger charge is -2.20. The average molecular weight is 744 g/mol. The van der Waals surface area contributed by atoms with E-state index in [2.05, 4.69) is 39.7 Å². The van der Waals surface area contributed by atoms with Gasteiger partial charge in [-0.15, -0.1) is 0 Å². The van der Waals surface area contributed by atoms with E-state index in [1.807, 2.05) is 0 Å². The number of aromatic amines is 1. The summed E-state index contributed by atoms with van der Waals surface area (Å²) in [6.45, 7) is -1.86. The van der Waals surface area contributed by atoms with Crippen molar-refractivity contribution in [3.63, 3.8) is 0 Å². The molecule has 5 heterocycles. The van der Waals surface area contributed by atoms with Crippen LogP contribution < -0.4 is 15.9 Å². The zero-order chi connectivity index (χ0) is 32.8. The average Bonchev–Trinajstić information content (AvgIpc) is 3.56. The Bertz CT molecular complexity index is 1740. The van der Waals surface area contributed by atoms with Gasteiger partial charge in [-0.1, -0.05) is 0 Å². The summed E-state index contributed by atoms with van der Waals surface area (Å²) in [6, 6.07) is 2.82. The number of amides is 1. The van der Waals surface area contributed by atoms with Gasteiger partial charge in [0, 0.05) is 6.07 Å². The summed E-state index contributed by atoms with van der Waals surface area (Å²) in [6.07, 6.45) is -8.55. The zero-order valence-electron chi connectivity index (χ0n) is 22.4. The fourth-order valence-corrected chi connectivity index (χ4v) is 7.26. The predicted octanol–water partition coefficient (Wildman–Crippen LogP) is -2.54. The van der Waals surface area contributed by atoms with Gasteiger partial charge in [-0.2, -0.15) is 8.88 Å². The molecule has 4 unspecified atom stereocenters. The van der Waals surface area contributed by atoms with E-state index in [0.717, 1.165) is 10.9 Å². The van der Waals surface area contributed by atoms with Crippen LogP contribution in [0.2, 0.25) is 0 Å². The summed E-state index contributed by atoms with van der Waals surface area (Å²) in [4.78, 5) is 53.8. The van der Waals surface area contributed by atoms with E-state index in [1.165, 1.54) is 29.1 Å². The number of nitrogens with one attached hydrogen (secondary N) is 1. The van der Waals surface area contributed by atoms with Crippen molar-refractivity contribution in [2.24, 2.45) is 5.73 Å². The number of aromatic nitrogens is 5. The van der Waals surface area contributed by atoms with Gasteiger partial charge in [0.15, 0.2) is 40.6 Å². The SMILES string of the molecule is NC(=O)c1ccc[n+]([C@@H]2O[C@H](COP(=O)(O)OP(=O)(O)OC[C@H]3O[C@@H](n4c(Br)nc5c(=O)[nH]cnc54)[C@@H](O)C3O)[C@H](O)C2O)c1. The number of aliphatic hydroxyl groups excluding tert-OH is 4. The number of pyridine rings is 1. The highest BCUT2D eigenvalue weighted by atomic mass is 79.9. The second kappa shape index (κ2) is 12.9. The highest BCUT2D eigenvalue weighted by Crippen LogP contribution is 2.60. The van der Waals surface area contributed by atoms with Gasteiger partial charge in [-0.3, -0.25) is 23.2 Å². The topological polar surface area (TPSA) is 312 Å². The highest BCUT2D eigenvalue weighted by Gasteiger charge is 2.50. The van der Waals surface area contributed by atoms with Crippen LogP contribution in [0.1, 0.15) is 22.8 Å². The number of carbonyl (C=O) groups is 1. The molecule has 24 heteroatoms. The van der Waals surface area contributed by atoms with E-state index in [0.29, 0.717) is 0 Å². The van der Waals surface area contributed by atoms with E-state index in [9.17, 15) is 48.9 Å². The van der Waals surface area contributed by atoms with Crippen LogP contribution in [0.15, 0.2) is 40.4 Å². The number of primary amides is 1. The number of nitrogens with zero attached hydrogens (tertiary/aromatic N) is 4. The van der Waals surface area contributed by atoms with Crippen LogP contribution in [-0.4, -0.2) is 105 Å². The Labute approximate surface area is 259 Å². The number of hydrogen-bond donors (Lipinski definition) is 8. The Morgan fingerprint density at radius 1 is 1.07 bits per heavy atom. The Morgan fingerprint density at radius 2 is 1.69 bits per heavy atom. The summed E-state index contributed by atoms with van der Waals surface area (Å²) in [5.74, 6) is -0.772. The lowest BCUT2D eigenvalue weighted by Crippen LogP contribution is -2.46. The number of phosphoric ester groups is 2. The number of hydrogen-bond acceptors (Lipinski definition) is 15. The lowest BCUT2D eigenvalue weighted by molar-refractivity contribution is -0.765. The van der Waals surface area contributed by atoms with Crippen molar-refractivity contribution in [3.8, 4) is 0 Å². The summed E-state index contributed by atoms with van der Waals surface area (Å²) in [5.41, 5.74) is 4.57. The number of H-pyrrole nitrogens is 1. The van der Waals surface area contributed by atoms with Crippen molar-refractivity contribution in [1.82, 2.24) is 19.5 Å². The van der Waals surface area contributed by atoms with Crippen molar-refractivity contribution >= 4 is 48.6 Å². The Kier molecular flexibility index (Phi) is 9.72. The molecule has 3 aromatic heterocycles. The van der Waals surface area contributed by atoms with Gasteiger partial charge in [0.1, 0.15) is 36.1 Å². The number of fused-ring (bicyclic) bond motifs is 1. The molecular formula is C21H26BrN6O15P2+. The van der Waals surface area contributed by atoms with E-state index in [4.69, 9.17) is 19.7 Å². The maximum absolute atomic E-state index is 12.5. The molecule has 0 aromatic carbocycles. The molecule has 0 aliphatic carbocycles. The molecule has 2 saturated heterocycles. The van der Waals surface area contributed by atoms with Crippen LogP contribution in [0.5, 0.6) is 0 Å². The molecule has 2 aliphatic rings. The van der Waals surface area contributed by atoms with E-state index in [-0.39, 0.29) is 21.5 Å². The Balaban J connectivity index is 1.17. The molecule has 0 saturated carbocycles. The molecule has 246 valence electrons. The number of phosphoric acid groups is 2. The van der Waals surface area contributed by atoms with Crippen LogP contribution >= 0.6 is 31.6 Å². The Hall–Kier alpha value is -2.53. The number of ether oxygens (including phenoxy) is 2. The fourth-order valence-electron chi connectivity index (χ4n) is 4.62. The van der Waals surface area contributed by atoms with Crippen LogP contribution in [0.4, 0.5) is 0 Å². The number of nitrogens with two attached hydrogens (primary N) is 1.